The van der Waals surface area contributed by atoms with Gasteiger partial charge >= 0.3 is 0 Å². The minimum absolute atomic E-state index is 0.160. The monoisotopic (exact) mass is 307 g/mol. The Hall–Kier alpha value is -2.35. The molecule has 1 aliphatic heterocycles. The van der Waals surface area contributed by atoms with Gasteiger partial charge in [-0.15, -0.1) is 0 Å². The van der Waals surface area contributed by atoms with Crippen LogP contribution in [0.5, 0.6) is 11.5 Å². The highest BCUT2D eigenvalue weighted by Crippen LogP contribution is 2.28. The van der Waals surface area contributed by atoms with Crippen LogP contribution >= 0.6 is 0 Å². The molecule has 2 aromatic carbocycles. The van der Waals surface area contributed by atoms with Gasteiger partial charge in [0.2, 0.25) is 0 Å². The minimum Gasteiger partial charge on any atom is -0.457 e. The molecule has 0 aromatic heterocycles. The number of rotatable bonds is 5. The van der Waals surface area contributed by atoms with Gasteiger partial charge in [0.05, 0.1) is 12.5 Å². The number of nitrogens with one attached hydrogen (secondary N) is 1. The van der Waals surface area contributed by atoms with Gasteiger partial charge in [0.25, 0.3) is 0 Å². The van der Waals surface area contributed by atoms with Gasteiger partial charge < -0.3 is 10.1 Å². The fraction of sp³-hybridized carbons (Fsp3) is 0.316. The number of ether oxygens (including phenoxy) is 1. The molecule has 3 rings (SSSR count). The van der Waals surface area contributed by atoms with E-state index in [1.807, 2.05) is 42.5 Å². The van der Waals surface area contributed by atoms with Gasteiger partial charge in [-0.3, -0.25) is 4.90 Å². The first-order valence-corrected chi connectivity index (χ1v) is 8.01. The zero-order chi connectivity index (χ0) is 15.9. The fourth-order valence-electron chi connectivity index (χ4n) is 2.92. The van der Waals surface area contributed by atoms with Crippen LogP contribution in [0.25, 0.3) is 0 Å². The van der Waals surface area contributed by atoms with Crippen molar-refractivity contribution in [2.75, 3.05) is 26.2 Å². The van der Waals surface area contributed by atoms with E-state index in [0.717, 1.165) is 37.7 Å². The third-order valence-electron chi connectivity index (χ3n) is 4.12. The van der Waals surface area contributed by atoms with Crippen molar-refractivity contribution in [1.29, 1.82) is 5.26 Å². The van der Waals surface area contributed by atoms with Crippen LogP contribution < -0.4 is 10.1 Å². The van der Waals surface area contributed by atoms with Crippen molar-refractivity contribution in [1.82, 2.24) is 10.2 Å². The van der Waals surface area contributed by atoms with Crippen molar-refractivity contribution in [3.8, 4) is 17.6 Å². The Morgan fingerprint density at radius 1 is 1.00 bits per heavy atom. The lowest BCUT2D eigenvalue weighted by atomic mass is 10.0. The minimum atomic E-state index is 0.160. The highest BCUT2D eigenvalue weighted by molar-refractivity contribution is 5.34. The average Bonchev–Trinajstić information content (AvgIpc) is 2.62. The van der Waals surface area contributed by atoms with E-state index in [0.29, 0.717) is 6.42 Å². The molecule has 1 fully saturated rings. The van der Waals surface area contributed by atoms with Crippen molar-refractivity contribution in [2.24, 2.45) is 0 Å². The van der Waals surface area contributed by atoms with Crippen molar-refractivity contribution >= 4 is 0 Å². The largest absolute Gasteiger partial charge is 0.457 e. The quantitative estimate of drug-likeness (QED) is 0.920. The van der Waals surface area contributed by atoms with Gasteiger partial charge in [0, 0.05) is 32.2 Å². The fourth-order valence-corrected chi connectivity index (χ4v) is 2.92. The van der Waals surface area contributed by atoms with Crippen molar-refractivity contribution in [3.05, 3.63) is 60.2 Å². The summed E-state index contributed by atoms with van der Waals surface area (Å²) in [6.45, 7) is 3.93. The molecule has 1 atom stereocenters. The first kappa shape index (κ1) is 15.5. The number of nitrogens with zero attached hydrogens (tertiary/aromatic N) is 2. The lowest BCUT2D eigenvalue weighted by Gasteiger charge is -2.34. The second kappa shape index (κ2) is 7.77. The number of piperazine rings is 1. The molecule has 4 nitrogen and oxygen atoms in total. The Morgan fingerprint density at radius 3 is 2.30 bits per heavy atom. The van der Waals surface area contributed by atoms with Crippen LogP contribution in [0.15, 0.2) is 54.6 Å². The molecule has 0 unspecified atom stereocenters. The van der Waals surface area contributed by atoms with E-state index in [4.69, 9.17) is 10.00 Å². The Balaban J connectivity index is 1.72. The summed E-state index contributed by atoms with van der Waals surface area (Å²) < 4.78 is 5.83. The number of para-hydroxylation sites is 1. The summed E-state index contributed by atoms with van der Waals surface area (Å²) in [5, 5.41) is 12.5. The van der Waals surface area contributed by atoms with Crippen LogP contribution in [0.4, 0.5) is 0 Å². The zero-order valence-electron chi connectivity index (χ0n) is 13.1. The van der Waals surface area contributed by atoms with E-state index in [-0.39, 0.29) is 6.04 Å². The van der Waals surface area contributed by atoms with Gasteiger partial charge in [0.1, 0.15) is 11.5 Å². The highest BCUT2D eigenvalue weighted by atomic mass is 16.5. The maximum Gasteiger partial charge on any atom is 0.127 e. The molecule has 1 aliphatic rings. The highest BCUT2D eigenvalue weighted by Gasteiger charge is 2.21. The molecule has 2 aromatic rings. The Labute approximate surface area is 137 Å². The SMILES string of the molecule is N#CC[C@H](c1ccc(Oc2ccccc2)cc1)N1CCNCC1. The molecule has 4 heteroatoms. The number of benzene rings is 2. The van der Waals surface area contributed by atoms with Gasteiger partial charge in [-0.2, -0.15) is 5.26 Å². The summed E-state index contributed by atoms with van der Waals surface area (Å²) in [7, 11) is 0. The summed E-state index contributed by atoms with van der Waals surface area (Å²) in [5.41, 5.74) is 1.17. The molecule has 0 radical (unpaired) electrons. The molecule has 1 heterocycles. The van der Waals surface area contributed by atoms with Gasteiger partial charge in [-0.25, -0.2) is 0 Å². The zero-order valence-corrected chi connectivity index (χ0v) is 13.1. The van der Waals surface area contributed by atoms with Crippen LogP contribution in [0, 0.1) is 11.3 Å². The second-order valence-electron chi connectivity index (χ2n) is 5.65. The summed E-state index contributed by atoms with van der Waals surface area (Å²) >= 11 is 0. The maximum absolute atomic E-state index is 9.16. The summed E-state index contributed by atoms with van der Waals surface area (Å²) in [4.78, 5) is 2.38. The maximum atomic E-state index is 9.16. The Bertz CT molecular complexity index is 643. The topological polar surface area (TPSA) is 48.3 Å². The van der Waals surface area contributed by atoms with E-state index in [9.17, 15) is 0 Å². The van der Waals surface area contributed by atoms with Crippen LogP contribution in [0.2, 0.25) is 0 Å². The third-order valence-corrected chi connectivity index (χ3v) is 4.12. The van der Waals surface area contributed by atoms with Crippen LogP contribution in [-0.2, 0) is 0 Å². The molecule has 1 N–H and O–H groups in total. The molecular weight excluding hydrogens is 286 g/mol. The van der Waals surface area contributed by atoms with E-state index >= 15 is 0 Å². The van der Waals surface area contributed by atoms with E-state index in [1.54, 1.807) is 0 Å². The lowest BCUT2D eigenvalue weighted by Crippen LogP contribution is -2.45. The third kappa shape index (κ3) is 4.10. The van der Waals surface area contributed by atoms with E-state index in [2.05, 4.69) is 28.4 Å². The van der Waals surface area contributed by atoms with Gasteiger partial charge in [-0.05, 0) is 29.8 Å². The number of hydrogen-bond donors (Lipinski definition) is 1. The van der Waals surface area contributed by atoms with Crippen molar-refractivity contribution < 1.29 is 4.74 Å². The first-order chi connectivity index (χ1) is 11.4. The van der Waals surface area contributed by atoms with Crippen LogP contribution in [0.1, 0.15) is 18.0 Å². The molecule has 118 valence electrons. The molecule has 0 saturated carbocycles. The van der Waals surface area contributed by atoms with Crippen LogP contribution in [0.3, 0.4) is 0 Å². The van der Waals surface area contributed by atoms with Gasteiger partial charge in [0.15, 0.2) is 0 Å². The number of nitriles is 1. The molecule has 0 amide bonds. The smallest absolute Gasteiger partial charge is 0.127 e. The van der Waals surface area contributed by atoms with Gasteiger partial charge in [-0.1, -0.05) is 30.3 Å². The predicted molar refractivity (Wildman–Crippen MR) is 90.4 cm³/mol. The predicted octanol–water partition coefficient (Wildman–Crippen LogP) is 3.34. The summed E-state index contributed by atoms with van der Waals surface area (Å²) in [6.07, 6.45) is 0.513. The molecule has 1 saturated heterocycles. The lowest BCUT2D eigenvalue weighted by molar-refractivity contribution is 0.175. The summed E-state index contributed by atoms with van der Waals surface area (Å²) in [5.74, 6) is 1.65. The molecule has 23 heavy (non-hydrogen) atoms. The van der Waals surface area contributed by atoms with Crippen molar-refractivity contribution in [3.63, 3.8) is 0 Å². The van der Waals surface area contributed by atoms with E-state index in [1.165, 1.54) is 5.56 Å². The molecule has 0 bridgehead atoms. The number of hydrogen-bond acceptors (Lipinski definition) is 4. The Kier molecular flexibility index (Phi) is 5.25. The molecule has 0 aliphatic carbocycles. The van der Waals surface area contributed by atoms with Crippen LogP contribution in [-0.4, -0.2) is 31.1 Å². The second-order valence-corrected chi connectivity index (χ2v) is 5.65. The first-order valence-electron chi connectivity index (χ1n) is 8.01. The standard InChI is InChI=1S/C19H21N3O/c20-11-10-19(22-14-12-21-13-15-22)16-6-8-18(9-7-16)23-17-4-2-1-3-5-17/h1-9,19,21H,10,12-15H2/t19-/m1/s1. The van der Waals surface area contributed by atoms with Crippen molar-refractivity contribution in [2.45, 2.75) is 12.5 Å². The Morgan fingerprint density at radius 2 is 1.65 bits per heavy atom. The average molecular weight is 307 g/mol. The summed E-state index contributed by atoms with van der Waals surface area (Å²) in [6, 6.07) is 20.3. The molecular formula is C19H21N3O. The van der Waals surface area contributed by atoms with E-state index < -0.39 is 0 Å². The molecule has 0 spiro atoms. The normalized spacial score (nSPS) is 16.5.